The van der Waals surface area contributed by atoms with Gasteiger partial charge in [0.15, 0.2) is 11.0 Å². The number of rotatable bonds is 10. The van der Waals surface area contributed by atoms with Crippen LogP contribution in [-0.4, -0.2) is 26.4 Å². The van der Waals surface area contributed by atoms with Crippen LogP contribution in [0.5, 0.6) is 5.75 Å². The van der Waals surface area contributed by atoms with Gasteiger partial charge in [0.05, 0.1) is 16.5 Å². The Morgan fingerprint density at radius 2 is 1.97 bits per heavy atom. The second kappa shape index (κ2) is 11.2. The molecule has 0 saturated heterocycles. The zero-order chi connectivity index (χ0) is 22.2. The minimum absolute atomic E-state index is 0.142. The number of aromatic nitrogens is 3. The molecule has 31 heavy (non-hydrogen) atoms. The molecule has 0 radical (unpaired) electrons. The second-order valence-electron chi connectivity index (χ2n) is 7.65. The number of anilines is 1. The van der Waals surface area contributed by atoms with Crippen LogP contribution in [0.4, 0.5) is 5.69 Å². The number of benzene rings is 2. The van der Waals surface area contributed by atoms with Crippen molar-refractivity contribution in [1.29, 1.82) is 0 Å². The largest absolute Gasteiger partial charge is 0.486 e. The van der Waals surface area contributed by atoms with Gasteiger partial charge in [-0.25, -0.2) is 0 Å². The molecule has 0 spiro atoms. The molecule has 1 aromatic heterocycles. The maximum atomic E-state index is 12.4. The molecule has 1 heterocycles. The molecule has 6 nitrogen and oxygen atoms in total. The molecule has 0 aliphatic carbocycles. The van der Waals surface area contributed by atoms with Gasteiger partial charge in [0.1, 0.15) is 12.4 Å². The van der Waals surface area contributed by atoms with Crippen molar-refractivity contribution in [3.05, 3.63) is 64.9 Å². The Morgan fingerprint density at radius 1 is 1.19 bits per heavy atom. The number of carbonyl (C=O) groups is 1. The van der Waals surface area contributed by atoms with Gasteiger partial charge in [0.2, 0.25) is 5.91 Å². The van der Waals surface area contributed by atoms with Gasteiger partial charge < -0.3 is 14.6 Å². The van der Waals surface area contributed by atoms with E-state index in [-0.39, 0.29) is 11.7 Å². The van der Waals surface area contributed by atoms with Crippen LogP contribution in [0.15, 0.2) is 53.7 Å². The van der Waals surface area contributed by atoms with Crippen molar-refractivity contribution in [1.82, 2.24) is 14.8 Å². The maximum Gasteiger partial charge on any atom is 0.234 e. The van der Waals surface area contributed by atoms with E-state index in [4.69, 9.17) is 16.3 Å². The first-order valence-corrected chi connectivity index (χ1v) is 11.6. The number of aryl methyl sites for hydroxylation is 1. The van der Waals surface area contributed by atoms with Crippen LogP contribution in [0.3, 0.4) is 0 Å². The summed E-state index contributed by atoms with van der Waals surface area (Å²) in [6.45, 7) is 7.40. The van der Waals surface area contributed by atoms with E-state index in [0.717, 1.165) is 30.1 Å². The predicted octanol–water partition coefficient (Wildman–Crippen LogP) is 5.60. The monoisotopic (exact) mass is 458 g/mol. The van der Waals surface area contributed by atoms with Crippen molar-refractivity contribution in [2.24, 2.45) is 5.92 Å². The number of hydrogen-bond acceptors (Lipinski definition) is 5. The topological polar surface area (TPSA) is 69.0 Å². The Morgan fingerprint density at radius 3 is 2.68 bits per heavy atom. The first-order chi connectivity index (χ1) is 14.9. The highest BCUT2D eigenvalue weighted by atomic mass is 35.5. The zero-order valence-corrected chi connectivity index (χ0v) is 19.5. The summed E-state index contributed by atoms with van der Waals surface area (Å²) in [5.41, 5.74) is 1.65. The van der Waals surface area contributed by atoms with Crippen LogP contribution in [-0.2, 0) is 17.9 Å². The molecule has 0 aliphatic rings. The number of para-hydroxylation sites is 1. The molecule has 0 saturated carbocycles. The number of hydrogen-bond donors (Lipinski definition) is 1. The van der Waals surface area contributed by atoms with Gasteiger partial charge in [-0.15, -0.1) is 10.2 Å². The predicted molar refractivity (Wildman–Crippen MR) is 126 cm³/mol. The molecule has 1 N–H and O–H groups in total. The number of nitrogens with zero attached hydrogens (tertiary/aromatic N) is 3. The minimum Gasteiger partial charge on any atom is -0.486 e. The van der Waals surface area contributed by atoms with Crippen LogP contribution >= 0.6 is 23.4 Å². The molecule has 0 fully saturated rings. The van der Waals surface area contributed by atoms with Crippen molar-refractivity contribution in [3.63, 3.8) is 0 Å². The van der Waals surface area contributed by atoms with Crippen molar-refractivity contribution < 1.29 is 9.53 Å². The first kappa shape index (κ1) is 23.2. The van der Waals surface area contributed by atoms with Gasteiger partial charge in [0.25, 0.3) is 0 Å². The van der Waals surface area contributed by atoms with Crippen LogP contribution in [0, 0.1) is 12.8 Å². The van der Waals surface area contributed by atoms with E-state index in [1.807, 2.05) is 60.0 Å². The van der Waals surface area contributed by atoms with Crippen molar-refractivity contribution >= 4 is 35.0 Å². The van der Waals surface area contributed by atoms with E-state index in [9.17, 15) is 4.79 Å². The molecule has 0 atom stereocenters. The standard InChI is InChI=1S/C23H27ClN4O2S/c1-16(2)11-12-28-21(14-30-18-7-5-4-6-8-18)26-27-23(28)31-15-22(29)25-20-10-9-17(3)13-19(20)24/h4-10,13,16H,11-12,14-15H2,1-3H3,(H,25,29). The van der Waals surface area contributed by atoms with Gasteiger partial charge in [-0.05, 0) is 49.1 Å². The number of halogens is 1. The van der Waals surface area contributed by atoms with E-state index in [0.29, 0.717) is 28.4 Å². The summed E-state index contributed by atoms with van der Waals surface area (Å²) in [5.74, 6) is 2.13. The molecular formula is C23H27ClN4O2S. The smallest absolute Gasteiger partial charge is 0.234 e. The van der Waals surface area contributed by atoms with E-state index in [1.54, 1.807) is 0 Å². The van der Waals surface area contributed by atoms with E-state index in [1.165, 1.54) is 11.8 Å². The fourth-order valence-electron chi connectivity index (χ4n) is 2.85. The molecular weight excluding hydrogens is 432 g/mol. The molecule has 0 bridgehead atoms. The first-order valence-electron chi connectivity index (χ1n) is 10.2. The quantitative estimate of drug-likeness (QED) is 0.401. The normalized spacial score (nSPS) is 11.0. The lowest BCUT2D eigenvalue weighted by Gasteiger charge is -2.12. The van der Waals surface area contributed by atoms with Crippen LogP contribution in [0.25, 0.3) is 0 Å². The Bertz CT molecular complexity index is 1010. The van der Waals surface area contributed by atoms with Gasteiger partial charge >= 0.3 is 0 Å². The van der Waals surface area contributed by atoms with Gasteiger partial charge in [-0.1, -0.05) is 61.5 Å². The summed E-state index contributed by atoms with van der Waals surface area (Å²) in [6, 6.07) is 15.2. The van der Waals surface area contributed by atoms with Crippen molar-refractivity contribution in [3.8, 4) is 5.75 Å². The number of ether oxygens (including phenoxy) is 1. The lowest BCUT2D eigenvalue weighted by Crippen LogP contribution is -2.15. The average molecular weight is 459 g/mol. The molecule has 0 aliphatic heterocycles. The van der Waals surface area contributed by atoms with Crippen LogP contribution < -0.4 is 10.1 Å². The molecule has 3 aromatic rings. The molecule has 164 valence electrons. The third-order valence-electron chi connectivity index (χ3n) is 4.57. The second-order valence-corrected chi connectivity index (χ2v) is 9.00. The molecule has 2 aromatic carbocycles. The summed E-state index contributed by atoms with van der Waals surface area (Å²) in [6.07, 6.45) is 0.981. The number of thioether (sulfide) groups is 1. The zero-order valence-electron chi connectivity index (χ0n) is 18.0. The summed E-state index contributed by atoms with van der Waals surface area (Å²) < 4.78 is 7.90. The Labute approximate surface area is 192 Å². The lowest BCUT2D eigenvalue weighted by molar-refractivity contribution is -0.113. The highest BCUT2D eigenvalue weighted by Crippen LogP contribution is 2.24. The molecule has 0 unspecified atom stereocenters. The van der Waals surface area contributed by atoms with Gasteiger partial charge in [-0.2, -0.15) is 0 Å². The fraction of sp³-hybridized carbons (Fsp3) is 0.348. The molecule has 1 amide bonds. The van der Waals surface area contributed by atoms with E-state index >= 15 is 0 Å². The van der Waals surface area contributed by atoms with Crippen LogP contribution in [0.1, 0.15) is 31.7 Å². The minimum atomic E-state index is -0.142. The lowest BCUT2D eigenvalue weighted by atomic mass is 10.1. The third-order valence-corrected chi connectivity index (χ3v) is 5.85. The molecule has 8 heteroatoms. The number of nitrogens with one attached hydrogen (secondary N) is 1. The Balaban J connectivity index is 1.64. The fourth-order valence-corrected chi connectivity index (χ4v) is 3.91. The van der Waals surface area contributed by atoms with Crippen molar-refractivity contribution in [2.75, 3.05) is 11.1 Å². The Hall–Kier alpha value is -2.51. The van der Waals surface area contributed by atoms with Crippen molar-refractivity contribution in [2.45, 2.75) is 45.5 Å². The number of carbonyl (C=O) groups excluding carboxylic acids is 1. The number of amides is 1. The average Bonchev–Trinajstić information content (AvgIpc) is 3.13. The van der Waals surface area contributed by atoms with E-state index in [2.05, 4.69) is 29.4 Å². The highest BCUT2D eigenvalue weighted by molar-refractivity contribution is 7.99. The third kappa shape index (κ3) is 7.01. The van der Waals surface area contributed by atoms with Gasteiger partial charge in [-0.3, -0.25) is 4.79 Å². The summed E-state index contributed by atoms with van der Waals surface area (Å²) in [5, 5.41) is 12.7. The Kier molecular flexibility index (Phi) is 8.37. The highest BCUT2D eigenvalue weighted by Gasteiger charge is 2.16. The summed E-state index contributed by atoms with van der Waals surface area (Å²) in [7, 11) is 0. The molecule has 3 rings (SSSR count). The summed E-state index contributed by atoms with van der Waals surface area (Å²) in [4.78, 5) is 12.4. The SMILES string of the molecule is Cc1ccc(NC(=O)CSc2nnc(COc3ccccc3)n2CCC(C)C)c(Cl)c1. The van der Waals surface area contributed by atoms with Gasteiger partial charge in [0, 0.05) is 6.54 Å². The summed E-state index contributed by atoms with van der Waals surface area (Å²) >= 11 is 7.57. The van der Waals surface area contributed by atoms with Crippen LogP contribution in [0.2, 0.25) is 5.02 Å². The maximum absolute atomic E-state index is 12.4. The van der Waals surface area contributed by atoms with E-state index < -0.39 is 0 Å².